The zero-order valence-corrected chi connectivity index (χ0v) is 9.84. The van der Waals surface area contributed by atoms with Gasteiger partial charge in [0.05, 0.1) is 12.1 Å². The van der Waals surface area contributed by atoms with Gasteiger partial charge in [0.1, 0.15) is 0 Å². The molecular weight excluding hydrogens is 188 g/mol. The van der Waals surface area contributed by atoms with Gasteiger partial charge in [-0.05, 0) is 45.3 Å². The van der Waals surface area contributed by atoms with E-state index in [1.165, 1.54) is 32.2 Å². The number of piperidine rings is 1. The maximum Gasteiger partial charge on any atom is 0.0628 e. The van der Waals surface area contributed by atoms with Crippen LogP contribution in [0.4, 0.5) is 0 Å². The predicted octanol–water partition coefficient (Wildman–Crippen LogP) is 0.975. The Balaban J connectivity index is 2.09. The number of nitrogens with one attached hydrogen (secondary N) is 1. The maximum atomic E-state index is 9.73. The Kier molecular flexibility index (Phi) is 3.65. The van der Waals surface area contributed by atoms with Crippen molar-refractivity contribution in [1.82, 2.24) is 10.2 Å². The highest BCUT2D eigenvalue weighted by Crippen LogP contribution is 2.32. The van der Waals surface area contributed by atoms with Gasteiger partial charge in [0.25, 0.3) is 0 Å². The maximum absolute atomic E-state index is 9.73. The fourth-order valence-electron chi connectivity index (χ4n) is 3.35. The molecule has 2 rings (SSSR count). The summed E-state index contributed by atoms with van der Waals surface area (Å²) in [7, 11) is 0. The summed E-state index contributed by atoms with van der Waals surface area (Å²) in [4.78, 5) is 2.54. The van der Waals surface area contributed by atoms with Crippen LogP contribution in [-0.2, 0) is 0 Å². The zero-order chi connectivity index (χ0) is 10.7. The molecule has 2 atom stereocenters. The molecule has 0 aromatic rings. The third-order valence-corrected chi connectivity index (χ3v) is 4.22. The van der Waals surface area contributed by atoms with E-state index in [0.29, 0.717) is 12.6 Å². The summed E-state index contributed by atoms with van der Waals surface area (Å²) in [5.41, 5.74) is 0.00472. The number of aliphatic hydroxyl groups is 1. The van der Waals surface area contributed by atoms with E-state index in [1.54, 1.807) is 0 Å². The number of likely N-dealkylation sites (N-methyl/N-ethyl adjacent to an activating group) is 1. The molecule has 2 N–H and O–H groups in total. The van der Waals surface area contributed by atoms with Crippen LogP contribution in [-0.4, -0.2) is 47.8 Å². The van der Waals surface area contributed by atoms with E-state index in [1.807, 2.05) is 0 Å². The number of hydrogen-bond acceptors (Lipinski definition) is 3. The number of rotatable bonds is 3. The van der Waals surface area contributed by atoms with Gasteiger partial charge in [0.2, 0.25) is 0 Å². The van der Waals surface area contributed by atoms with Gasteiger partial charge < -0.3 is 10.4 Å². The van der Waals surface area contributed by atoms with Crippen LogP contribution in [0.3, 0.4) is 0 Å². The van der Waals surface area contributed by atoms with Crippen LogP contribution in [0.1, 0.15) is 39.0 Å². The molecule has 0 aromatic heterocycles. The minimum atomic E-state index is 0.00472. The second-order valence-electron chi connectivity index (χ2n) is 4.98. The van der Waals surface area contributed by atoms with E-state index in [2.05, 4.69) is 17.1 Å². The lowest BCUT2D eigenvalue weighted by atomic mass is 9.81. The van der Waals surface area contributed by atoms with Crippen LogP contribution in [0.5, 0.6) is 0 Å². The van der Waals surface area contributed by atoms with E-state index in [4.69, 9.17) is 0 Å². The number of hydrogen-bond donors (Lipinski definition) is 2. The first kappa shape index (κ1) is 11.4. The molecule has 0 aromatic carbocycles. The second-order valence-corrected chi connectivity index (χ2v) is 4.98. The Morgan fingerprint density at radius 2 is 2.27 bits per heavy atom. The highest BCUT2D eigenvalue weighted by atomic mass is 16.3. The van der Waals surface area contributed by atoms with E-state index in [-0.39, 0.29) is 5.54 Å². The Hall–Kier alpha value is -0.120. The van der Waals surface area contributed by atoms with E-state index >= 15 is 0 Å². The van der Waals surface area contributed by atoms with Gasteiger partial charge in [-0.1, -0.05) is 13.3 Å². The lowest BCUT2D eigenvalue weighted by molar-refractivity contribution is 0.0523. The molecule has 0 spiro atoms. The summed E-state index contributed by atoms with van der Waals surface area (Å²) >= 11 is 0. The van der Waals surface area contributed by atoms with Gasteiger partial charge >= 0.3 is 0 Å². The van der Waals surface area contributed by atoms with Gasteiger partial charge in [-0.2, -0.15) is 0 Å². The van der Waals surface area contributed by atoms with Crippen LogP contribution < -0.4 is 5.32 Å². The second kappa shape index (κ2) is 4.81. The van der Waals surface area contributed by atoms with Crippen LogP contribution in [0, 0.1) is 0 Å². The van der Waals surface area contributed by atoms with Crippen LogP contribution in [0.25, 0.3) is 0 Å². The fraction of sp³-hybridized carbons (Fsp3) is 1.00. The third-order valence-electron chi connectivity index (χ3n) is 4.22. The molecule has 2 aliphatic heterocycles. The lowest BCUT2D eigenvalue weighted by Gasteiger charge is -2.45. The normalized spacial score (nSPS) is 38.4. The first-order valence-electron chi connectivity index (χ1n) is 6.42. The molecule has 0 bridgehead atoms. The van der Waals surface area contributed by atoms with Crippen molar-refractivity contribution in [2.24, 2.45) is 0 Å². The summed E-state index contributed by atoms with van der Waals surface area (Å²) < 4.78 is 0. The van der Waals surface area contributed by atoms with E-state index in [9.17, 15) is 5.11 Å². The van der Waals surface area contributed by atoms with Gasteiger partial charge in [-0.3, -0.25) is 4.90 Å². The molecule has 2 aliphatic rings. The minimum Gasteiger partial charge on any atom is -0.394 e. The molecule has 88 valence electrons. The quantitative estimate of drug-likeness (QED) is 0.732. The largest absolute Gasteiger partial charge is 0.394 e. The van der Waals surface area contributed by atoms with Crippen molar-refractivity contribution in [3.63, 3.8) is 0 Å². The Bertz CT molecular complexity index is 202. The topological polar surface area (TPSA) is 35.5 Å². The van der Waals surface area contributed by atoms with Crippen molar-refractivity contribution in [3.05, 3.63) is 0 Å². The van der Waals surface area contributed by atoms with Crippen molar-refractivity contribution >= 4 is 0 Å². The first-order chi connectivity index (χ1) is 7.32. The van der Waals surface area contributed by atoms with Crippen molar-refractivity contribution in [1.29, 1.82) is 0 Å². The monoisotopic (exact) mass is 212 g/mol. The first-order valence-corrected chi connectivity index (χ1v) is 6.42. The molecule has 0 aliphatic carbocycles. The Morgan fingerprint density at radius 3 is 2.87 bits per heavy atom. The Labute approximate surface area is 92.8 Å². The number of likely N-dealkylation sites (tertiary alicyclic amines) is 1. The predicted molar refractivity (Wildman–Crippen MR) is 61.9 cm³/mol. The molecule has 2 heterocycles. The fourth-order valence-corrected chi connectivity index (χ4v) is 3.35. The molecule has 0 amide bonds. The van der Waals surface area contributed by atoms with Crippen LogP contribution in [0.2, 0.25) is 0 Å². The van der Waals surface area contributed by atoms with Crippen molar-refractivity contribution in [2.45, 2.75) is 50.6 Å². The molecule has 2 saturated heterocycles. The van der Waals surface area contributed by atoms with Gasteiger partial charge in [0.15, 0.2) is 0 Å². The summed E-state index contributed by atoms with van der Waals surface area (Å²) in [5, 5.41) is 13.3. The van der Waals surface area contributed by atoms with E-state index < -0.39 is 0 Å². The molecule has 2 unspecified atom stereocenters. The van der Waals surface area contributed by atoms with Crippen molar-refractivity contribution in [3.8, 4) is 0 Å². The van der Waals surface area contributed by atoms with Crippen LogP contribution in [0.15, 0.2) is 0 Å². The molecule has 15 heavy (non-hydrogen) atoms. The van der Waals surface area contributed by atoms with Crippen molar-refractivity contribution < 1.29 is 5.11 Å². The molecule has 3 heteroatoms. The Morgan fingerprint density at radius 1 is 1.40 bits per heavy atom. The van der Waals surface area contributed by atoms with E-state index in [0.717, 1.165) is 19.5 Å². The lowest BCUT2D eigenvalue weighted by Crippen LogP contribution is -2.62. The summed E-state index contributed by atoms with van der Waals surface area (Å²) in [6, 6.07) is 0.563. The SMILES string of the molecule is CCN1CCCC1C1(CO)CCCCN1. The molecular formula is C12H24N2O. The third kappa shape index (κ3) is 2.05. The summed E-state index contributed by atoms with van der Waals surface area (Å²) in [6.07, 6.45) is 6.22. The zero-order valence-electron chi connectivity index (χ0n) is 9.84. The average molecular weight is 212 g/mol. The molecule has 0 saturated carbocycles. The molecule has 0 radical (unpaired) electrons. The molecule has 2 fully saturated rings. The smallest absolute Gasteiger partial charge is 0.0628 e. The summed E-state index contributed by atoms with van der Waals surface area (Å²) in [5.74, 6) is 0. The van der Waals surface area contributed by atoms with Gasteiger partial charge in [-0.25, -0.2) is 0 Å². The average Bonchev–Trinajstić information content (AvgIpc) is 2.78. The molecule has 3 nitrogen and oxygen atoms in total. The summed E-state index contributed by atoms with van der Waals surface area (Å²) in [6.45, 7) is 5.94. The number of nitrogens with zero attached hydrogens (tertiary/aromatic N) is 1. The highest BCUT2D eigenvalue weighted by Gasteiger charge is 2.43. The van der Waals surface area contributed by atoms with Gasteiger partial charge in [-0.15, -0.1) is 0 Å². The van der Waals surface area contributed by atoms with Crippen molar-refractivity contribution in [2.75, 3.05) is 26.2 Å². The number of aliphatic hydroxyl groups excluding tert-OH is 1. The standard InChI is InChI=1S/C12H24N2O/c1-2-14-9-5-6-11(14)12(10-15)7-3-4-8-13-12/h11,13,15H,2-10H2,1H3. The van der Waals surface area contributed by atoms with Gasteiger partial charge in [0, 0.05) is 6.04 Å². The highest BCUT2D eigenvalue weighted by molar-refractivity contribution is 5.03. The van der Waals surface area contributed by atoms with Crippen LogP contribution >= 0.6 is 0 Å². The minimum absolute atomic E-state index is 0.00472.